The predicted octanol–water partition coefficient (Wildman–Crippen LogP) is -1.29. The van der Waals surface area contributed by atoms with Crippen molar-refractivity contribution in [3.8, 4) is 0 Å². The van der Waals surface area contributed by atoms with E-state index in [1.165, 1.54) is 12.1 Å². The molecule has 0 heterocycles. The largest absolute Gasteiger partial charge is 1.00 e. The van der Waals surface area contributed by atoms with Crippen molar-refractivity contribution in [2.75, 3.05) is 5.73 Å². The molecule has 2 aromatic carbocycles. The van der Waals surface area contributed by atoms with Crippen molar-refractivity contribution in [1.82, 2.24) is 0 Å². The van der Waals surface area contributed by atoms with Gasteiger partial charge in [-0.2, -0.15) is 0 Å². The van der Waals surface area contributed by atoms with Gasteiger partial charge in [-0.1, -0.05) is 24.3 Å². The third kappa shape index (κ3) is 3.00. The first-order valence-corrected chi connectivity index (χ1v) is 8.20. The number of benzene rings is 2. The molecule has 112 valence electrons. The molecular formula is C14H7BrKNO5S. The van der Waals surface area contributed by atoms with Crippen LogP contribution in [-0.2, 0) is 10.1 Å². The minimum atomic E-state index is -4.88. The number of rotatable bonds is 1. The summed E-state index contributed by atoms with van der Waals surface area (Å²) < 4.78 is 33.8. The third-order valence-electron chi connectivity index (χ3n) is 3.42. The molecule has 0 amide bonds. The van der Waals surface area contributed by atoms with Crippen molar-refractivity contribution >= 4 is 43.3 Å². The van der Waals surface area contributed by atoms with E-state index in [4.69, 9.17) is 5.73 Å². The van der Waals surface area contributed by atoms with Crippen LogP contribution in [0, 0.1) is 0 Å². The van der Waals surface area contributed by atoms with Gasteiger partial charge < -0.3 is 10.3 Å². The summed E-state index contributed by atoms with van der Waals surface area (Å²) in [6, 6.07) is 7.04. The molecule has 1 aliphatic rings. The Balaban J connectivity index is 0.00000192. The molecule has 6 nitrogen and oxygen atoms in total. The van der Waals surface area contributed by atoms with Crippen molar-refractivity contribution in [3.63, 3.8) is 0 Å². The van der Waals surface area contributed by atoms with Crippen molar-refractivity contribution < 1.29 is 73.9 Å². The molecule has 1 aliphatic carbocycles. The Morgan fingerprint density at radius 2 is 1.52 bits per heavy atom. The van der Waals surface area contributed by atoms with E-state index in [0.29, 0.717) is 0 Å². The molecule has 9 heteroatoms. The van der Waals surface area contributed by atoms with E-state index >= 15 is 0 Å². The van der Waals surface area contributed by atoms with Crippen LogP contribution in [0.5, 0.6) is 0 Å². The average Bonchev–Trinajstić information content (AvgIpc) is 2.46. The van der Waals surface area contributed by atoms with Crippen LogP contribution in [0.2, 0.25) is 0 Å². The molecule has 0 radical (unpaired) electrons. The average molecular weight is 420 g/mol. The van der Waals surface area contributed by atoms with E-state index in [1.807, 2.05) is 0 Å². The van der Waals surface area contributed by atoms with Crippen LogP contribution in [-0.4, -0.2) is 24.5 Å². The van der Waals surface area contributed by atoms with Crippen LogP contribution in [0.15, 0.2) is 39.7 Å². The van der Waals surface area contributed by atoms with Crippen LogP contribution >= 0.6 is 15.9 Å². The summed E-state index contributed by atoms with van der Waals surface area (Å²) in [6.07, 6.45) is 0. The van der Waals surface area contributed by atoms with Crippen molar-refractivity contribution in [2.24, 2.45) is 0 Å². The minimum absolute atomic E-state index is 0. The van der Waals surface area contributed by atoms with Crippen LogP contribution in [0.25, 0.3) is 0 Å². The molecule has 0 fully saturated rings. The Morgan fingerprint density at radius 3 is 2.04 bits per heavy atom. The Bertz CT molecular complexity index is 971. The smallest absolute Gasteiger partial charge is 0.744 e. The number of nitrogens with two attached hydrogens (primary N) is 1. The number of anilines is 1. The van der Waals surface area contributed by atoms with E-state index in [0.717, 1.165) is 6.07 Å². The molecule has 2 aromatic rings. The summed E-state index contributed by atoms with van der Waals surface area (Å²) in [6.45, 7) is 0. The zero-order valence-electron chi connectivity index (χ0n) is 11.8. The van der Waals surface area contributed by atoms with Crippen LogP contribution in [0.3, 0.4) is 0 Å². The minimum Gasteiger partial charge on any atom is -0.744 e. The molecule has 0 aliphatic heterocycles. The van der Waals surface area contributed by atoms with Gasteiger partial charge in [0.25, 0.3) is 0 Å². The molecule has 23 heavy (non-hydrogen) atoms. The molecule has 0 unspecified atom stereocenters. The van der Waals surface area contributed by atoms with Gasteiger partial charge >= 0.3 is 51.4 Å². The van der Waals surface area contributed by atoms with Crippen LogP contribution < -0.4 is 57.1 Å². The number of ketones is 2. The molecule has 0 aromatic heterocycles. The Morgan fingerprint density at radius 1 is 1.00 bits per heavy atom. The summed E-state index contributed by atoms with van der Waals surface area (Å²) in [5, 5.41) is 0. The van der Waals surface area contributed by atoms with Crippen molar-refractivity contribution in [1.29, 1.82) is 0 Å². The monoisotopic (exact) mass is 419 g/mol. The third-order valence-corrected chi connectivity index (χ3v) is 5.12. The van der Waals surface area contributed by atoms with Gasteiger partial charge in [0.2, 0.25) is 0 Å². The summed E-state index contributed by atoms with van der Waals surface area (Å²) in [5.74, 6) is -0.991. The summed E-state index contributed by atoms with van der Waals surface area (Å²) in [7, 11) is -4.88. The molecule has 0 saturated carbocycles. The Hall–Kier alpha value is -0.394. The molecule has 0 spiro atoms. The molecule has 0 atom stereocenters. The molecule has 0 bridgehead atoms. The fourth-order valence-electron chi connectivity index (χ4n) is 2.41. The van der Waals surface area contributed by atoms with Crippen LogP contribution in [0.1, 0.15) is 31.8 Å². The predicted molar refractivity (Wildman–Crippen MR) is 79.8 cm³/mol. The van der Waals surface area contributed by atoms with Crippen LogP contribution in [0.4, 0.5) is 5.69 Å². The van der Waals surface area contributed by atoms with Gasteiger partial charge in [0.15, 0.2) is 11.6 Å². The second-order valence-corrected chi connectivity index (χ2v) is 6.82. The number of hydrogen-bond acceptors (Lipinski definition) is 6. The SMILES string of the molecule is Nc1c(S(=O)(=O)[O-])cc2c(c1Br)C(=O)c1ccccc1C2=O.[K+]. The maximum Gasteiger partial charge on any atom is 1.00 e. The maximum absolute atomic E-state index is 12.5. The summed E-state index contributed by atoms with van der Waals surface area (Å²) >= 11 is 3.03. The van der Waals surface area contributed by atoms with E-state index in [9.17, 15) is 22.6 Å². The van der Waals surface area contributed by atoms with Gasteiger partial charge in [-0.25, -0.2) is 8.42 Å². The normalized spacial score (nSPS) is 13.1. The van der Waals surface area contributed by atoms with E-state index < -0.39 is 26.6 Å². The molecule has 3 rings (SSSR count). The topological polar surface area (TPSA) is 117 Å². The fraction of sp³-hybridized carbons (Fsp3) is 0. The number of hydrogen-bond donors (Lipinski definition) is 1. The second kappa shape index (κ2) is 6.49. The Kier molecular flexibility index (Phi) is 5.34. The molecular weight excluding hydrogens is 413 g/mol. The maximum atomic E-state index is 12.5. The first kappa shape index (κ1) is 18.9. The Labute approximate surface area is 182 Å². The van der Waals surface area contributed by atoms with Gasteiger partial charge in [0.1, 0.15) is 10.1 Å². The van der Waals surface area contributed by atoms with Gasteiger partial charge in [-0.05, 0) is 22.0 Å². The van der Waals surface area contributed by atoms with Crippen molar-refractivity contribution in [3.05, 3.63) is 57.1 Å². The molecule has 2 N–H and O–H groups in total. The van der Waals surface area contributed by atoms with Gasteiger partial charge in [-0.15, -0.1) is 0 Å². The summed E-state index contributed by atoms with van der Waals surface area (Å²) in [4.78, 5) is 24.3. The number of carbonyl (C=O) groups is 2. The molecule has 0 saturated heterocycles. The summed E-state index contributed by atoms with van der Waals surface area (Å²) in [5.41, 5.74) is 5.43. The zero-order chi connectivity index (χ0) is 16.2. The number of carbonyl (C=O) groups excluding carboxylic acids is 2. The van der Waals surface area contributed by atoms with Gasteiger partial charge in [0.05, 0.1) is 20.6 Å². The zero-order valence-corrected chi connectivity index (χ0v) is 17.3. The first-order chi connectivity index (χ1) is 10.2. The second-order valence-electron chi connectivity index (χ2n) is 4.68. The van der Waals surface area contributed by atoms with E-state index in [1.54, 1.807) is 12.1 Å². The first-order valence-electron chi connectivity index (χ1n) is 5.99. The fourth-order valence-corrected chi connectivity index (χ4v) is 3.78. The van der Waals surface area contributed by atoms with Gasteiger partial charge in [0, 0.05) is 16.7 Å². The number of halogens is 1. The number of nitrogen functional groups attached to an aromatic ring is 1. The van der Waals surface area contributed by atoms with Gasteiger partial charge in [-0.3, -0.25) is 9.59 Å². The quantitative estimate of drug-likeness (QED) is 0.298. The van der Waals surface area contributed by atoms with E-state index in [-0.39, 0.29) is 83.8 Å². The number of fused-ring (bicyclic) bond motifs is 2. The van der Waals surface area contributed by atoms with E-state index in [2.05, 4.69) is 15.9 Å². The van der Waals surface area contributed by atoms with Crippen molar-refractivity contribution in [2.45, 2.75) is 4.90 Å². The standard InChI is InChI=1S/C14H8BrNO5S.K/c15-11-10-8(5-9(12(11)16)22(19,20)21)13(17)6-3-1-2-4-7(6)14(10)18;/h1-5H,16H2,(H,19,20,21);/q;+1/p-1.